The molecule has 0 unspecified atom stereocenters. The highest BCUT2D eigenvalue weighted by atomic mass is 79.9. The minimum absolute atomic E-state index is 0.0906. The molecule has 3 aliphatic carbocycles. The summed E-state index contributed by atoms with van der Waals surface area (Å²) < 4.78 is 22.0. The lowest BCUT2D eigenvalue weighted by molar-refractivity contribution is -0.149. The number of fused-ring (bicyclic) bond motifs is 2. The summed E-state index contributed by atoms with van der Waals surface area (Å²) in [7, 11) is 0.976. The first-order valence-corrected chi connectivity index (χ1v) is 38.1. The van der Waals surface area contributed by atoms with Gasteiger partial charge in [-0.1, -0.05) is 34.0 Å². The van der Waals surface area contributed by atoms with Gasteiger partial charge < -0.3 is 40.2 Å². The van der Waals surface area contributed by atoms with Crippen molar-refractivity contribution in [2.75, 3.05) is 23.1 Å². The minimum Gasteiger partial charge on any atom is -0.469 e. The summed E-state index contributed by atoms with van der Waals surface area (Å²) in [5, 5.41) is 89.7. The molecule has 10 aromatic heterocycles. The molecule has 4 fully saturated rings. The van der Waals surface area contributed by atoms with Crippen LogP contribution in [0, 0.1) is 40.4 Å². The standard InChI is InChI=1S/C25H27N7OS.C17H23BrN4OS.C16H19BrN4O2S.C14H16BN3O2/c1-14(2)29-20-10-21(22-8-5-16-9-15(11-26)12-28-32(16)22)27-13-18(20)24-31-30-23(34-24)17-6-7-19(17)25(3,4)33;1-9(2)20-13-7-14(18)19-8-11(13)16-22-21-15(24-16)10-5-6-12(10)17(3,4)23;1-8(2)19-12-6-13(17)18-7-11(12)15-21-20-14(24-15)9-4-5-10(9)16(22)23-3;1-13(2)14(3,4)20-15(19-13)12-6-5-11-7-10(8-16)9-17-18(11)12/h5,8-10,12-14,17,19,33H,6-7H2,1-4H3,(H,27,29);7-10,12,23H,5-6H2,1-4H3,(H,19,20);6-10H,4-5H2,1-3H3,(H,18,19);5-7,9H,1-4H3/t17-,19-;10-,12-;9-,10-;/m111./s1. The maximum atomic E-state index is 11.8. The Kier molecular flexibility index (Phi) is 22.8. The van der Waals surface area contributed by atoms with Crippen molar-refractivity contribution in [3.8, 4) is 55.2 Å². The van der Waals surface area contributed by atoms with Gasteiger partial charge in [-0.05, 0) is 234 Å². The zero-order chi connectivity index (χ0) is 73.3. The fourth-order valence-corrected chi connectivity index (χ4v) is 16.6. The maximum Gasteiger partial charge on any atom is 0.514 e. The largest absolute Gasteiger partial charge is 0.514 e. The number of rotatable bonds is 17. The molecular formula is C72H85BBr2N18O6S3. The average molecular weight is 1570 g/mol. The Balaban J connectivity index is 0.000000139. The molecule has 0 amide bonds. The Labute approximate surface area is 623 Å². The number of methoxy groups -OCH3 is 1. The Morgan fingerprint density at radius 3 is 1.40 bits per heavy atom. The number of nitrogens with one attached hydrogen (secondary N) is 3. The Hall–Kier alpha value is -7.78. The van der Waals surface area contributed by atoms with Crippen LogP contribution >= 0.6 is 65.9 Å². The van der Waals surface area contributed by atoms with Crippen LogP contribution in [0.5, 0.6) is 0 Å². The third kappa shape index (κ3) is 16.7. The monoisotopic (exact) mass is 1560 g/mol. The average Bonchev–Trinajstić information content (AvgIpc) is 1.61. The van der Waals surface area contributed by atoms with Crippen molar-refractivity contribution >= 4 is 113 Å². The summed E-state index contributed by atoms with van der Waals surface area (Å²) in [5.74, 6) is 0.891. The second-order valence-corrected chi connectivity index (χ2v) is 33.8. The number of hydrogen-bond acceptors (Lipinski definition) is 25. The SMILES string of the molecule is CC(C)Nc1cc(-c2ccc3cc(C#N)cnn23)ncc1-c1nnc([C@@H]2CC[C@H]2C(C)(C)O)s1.CC(C)Nc1cc(Br)ncc1-c1nnc([C@@H]2CC[C@H]2C(C)(C)O)s1.CC1(C)OB(c2ccc3cc(C#N)cnn23)OC1(C)C.COC(=O)[C@@H]1CC[C@H]1c1nnc(-c2cnc(Br)cc2NC(C)C)s1. The Morgan fingerprint density at radius 1 is 0.588 bits per heavy atom. The number of aromatic nitrogens is 13. The van der Waals surface area contributed by atoms with Crippen molar-refractivity contribution in [2.45, 2.75) is 194 Å². The van der Waals surface area contributed by atoms with Gasteiger partial charge in [-0.25, -0.2) is 19.0 Å². The van der Waals surface area contributed by atoms with Gasteiger partial charge in [0.2, 0.25) is 0 Å². The van der Waals surface area contributed by atoms with Crippen LogP contribution in [0.15, 0.2) is 94.8 Å². The van der Waals surface area contributed by atoms with E-state index in [9.17, 15) is 15.0 Å². The van der Waals surface area contributed by atoms with Crippen LogP contribution in [-0.2, 0) is 18.8 Å². The first kappa shape index (κ1) is 75.4. The van der Waals surface area contributed by atoms with Crippen molar-refractivity contribution < 1.29 is 29.1 Å². The lowest BCUT2D eigenvalue weighted by atomic mass is 9.66. The van der Waals surface area contributed by atoms with Crippen molar-refractivity contribution in [1.29, 1.82) is 10.5 Å². The number of esters is 1. The maximum absolute atomic E-state index is 11.8. The number of hydrogen-bond donors (Lipinski definition) is 5. The van der Waals surface area contributed by atoms with Crippen molar-refractivity contribution in [3.63, 3.8) is 0 Å². The van der Waals surface area contributed by atoms with Crippen LogP contribution in [0.4, 0.5) is 17.1 Å². The number of carbonyl (C=O) groups excluding carboxylic acids is 1. The molecule has 102 heavy (non-hydrogen) atoms. The highest BCUT2D eigenvalue weighted by Crippen LogP contribution is 2.52. The van der Waals surface area contributed by atoms with E-state index in [1.165, 1.54) is 18.4 Å². The van der Waals surface area contributed by atoms with Gasteiger partial charge >= 0.3 is 13.1 Å². The zero-order valence-corrected chi connectivity index (χ0v) is 65.4. The topological polar surface area (TPSA) is 319 Å². The molecule has 24 nitrogen and oxygen atoms in total. The fraction of sp³-hybridized carbons (Fsp3) is 0.472. The number of aliphatic hydroxyl groups is 2. The van der Waals surface area contributed by atoms with Gasteiger partial charge in [-0.2, -0.15) is 20.7 Å². The third-order valence-corrected chi connectivity index (χ3v) is 23.3. The van der Waals surface area contributed by atoms with Gasteiger partial charge in [-0.3, -0.25) is 9.78 Å². The van der Waals surface area contributed by atoms with Crippen LogP contribution in [0.3, 0.4) is 0 Å². The second kappa shape index (κ2) is 30.9. The van der Waals surface area contributed by atoms with E-state index in [0.29, 0.717) is 29.1 Å². The van der Waals surface area contributed by atoms with E-state index in [2.05, 4.69) is 152 Å². The number of ether oxygens (including phenoxy) is 1. The molecular weight excluding hydrogens is 1480 g/mol. The second-order valence-electron chi connectivity index (χ2n) is 29.1. The summed E-state index contributed by atoms with van der Waals surface area (Å²) in [6.45, 7) is 28.1. The number of carbonyl (C=O) groups is 1. The summed E-state index contributed by atoms with van der Waals surface area (Å²) in [5.41, 5.74) is 8.75. The molecule has 0 spiro atoms. The van der Waals surface area contributed by atoms with Gasteiger partial charge in [0.1, 0.15) is 36.4 Å². The molecule has 10 aromatic rings. The van der Waals surface area contributed by atoms with Crippen LogP contribution in [-0.4, -0.2) is 136 Å². The van der Waals surface area contributed by atoms with E-state index in [1.54, 1.807) is 56.4 Å². The number of halogens is 2. The number of nitriles is 2. The van der Waals surface area contributed by atoms with Gasteiger partial charge in [0.25, 0.3) is 0 Å². The molecule has 4 aliphatic rings. The predicted molar refractivity (Wildman–Crippen MR) is 407 cm³/mol. The lowest BCUT2D eigenvalue weighted by Gasteiger charge is -2.42. The highest BCUT2D eigenvalue weighted by Gasteiger charge is 2.53. The normalized spacial score (nSPS) is 19.6. The summed E-state index contributed by atoms with van der Waals surface area (Å²) >= 11 is 11.5. The van der Waals surface area contributed by atoms with Crippen molar-refractivity contribution in [2.24, 2.45) is 17.8 Å². The molecule has 0 bridgehead atoms. The summed E-state index contributed by atoms with van der Waals surface area (Å²) in [4.78, 5) is 25.2. The summed E-state index contributed by atoms with van der Waals surface area (Å²) in [6.07, 6.45) is 14.5. The fourth-order valence-electron chi connectivity index (χ4n) is 12.7. The van der Waals surface area contributed by atoms with Gasteiger partial charge in [0.15, 0.2) is 15.0 Å². The molecule has 0 radical (unpaired) electrons. The number of pyridine rings is 3. The van der Waals surface area contributed by atoms with E-state index < -0.39 is 18.3 Å². The molecule has 6 atom stereocenters. The molecule has 1 saturated heterocycles. The Bertz CT molecular complexity index is 4720. The van der Waals surface area contributed by atoms with E-state index in [1.807, 2.05) is 116 Å². The van der Waals surface area contributed by atoms with Gasteiger partial charge in [0, 0.05) is 71.5 Å². The molecule has 30 heteroatoms. The molecule has 11 heterocycles. The third-order valence-electron chi connectivity index (χ3n) is 19.1. The van der Waals surface area contributed by atoms with Crippen LogP contribution in [0.25, 0.3) is 54.1 Å². The van der Waals surface area contributed by atoms with Crippen molar-refractivity contribution in [3.05, 3.63) is 121 Å². The highest BCUT2D eigenvalue weighted by molar-refractivity contribution is 9.10. The quantitative estimate of drug-likeness (QED) is 0.0321. The van der Waals surface area contributed by atoms with Crippen LogP contribution < -0.4 is 21.5 Å². The smallest absolute Gasteiger partial charge is 0.469 e. The molecule has 534 valence electrons. The van der Waals surface area contributed by atoms with E-state index in [4.69, 9.17) is 29.6 Å². The number of nitrogens with zero attached hydrogens (tertiary/aromatic N) is 15. The molecule has 3 saturated carbocycles. The first-order chi connectivity index (χ1) is 48.3. The van der Waals surface area contributed by atoms with E-state index >= 15 is 0 Å². The van der Waals surface area contributed by atoms with Gasteiger partial charge in [0.05, 0.1) is 104 Å². The molecule has 0 aromatic carbocycles. The van der Waals surface area contributed by atoms with Gasteiger partial charge in [-0.15, -0.1) is 30.6 Å². The minimum atomic E-state index is -0.718. The van der Waals surface area contributed by atoms with Crippen LogP contribution in [0.1, 0.15) is 179 Å². The van der Waals surface area contributed by atoms with E-state index in [-0.39, 0.29) is 52.8 Å². The van der Waals surface area contributed by atoms with Crippen LogP contribution in [0.2, 0.25) is 0 Å². The summed E-state index contributed by atoms with van der Waals surface area (Å²) in [6, 6.07) is 22.3. The molecule has 5 N–H and O–H groups in total. The molecule has 1 aliphatic heterocycles. The Morgan fingerprint density at radius 2 is 1.00 bits per heavy atom. The van der Waals surface area contributed by atoms with Crippen molar-refractivity contribution in [1.82, 2.24) is 64.8 Å². The molecule has 14 rings (SSSR count). The lowest BCUT2D eigenvalue weighted by Crippen LogP contribution is -2.41. The zero-order valence-electron chi connectivity index (χ0n) is 59.8. The predicted octanol–water partition coefficient (Wildman–Crippen LogP) is 14.7. The number of anilines is 3. The first-order valence-electron chi connectivity index (χ1n) is 34.1. The van der Waals surface area contributed by atoms with E-state index in [0.717, 1.165) is 140 Å².